The van der Waals surface area contributed by atoms with Crippen LogP contribution in [0.25, 0.3) is 0 Å². The van der Waals surface area contributed by atoms with E-state index in [0.717, 1.165) is 12.8 Å². The largest absolute Gasteiger partial charge is 0.327 e. The summed E-state index contributed by atoms with van der Waals surface area (Å²) in [6, 6.07) is 0.280. The number of hydrogen-bond acceptors (Lipinski definition) is 2. The van der Waals surface area contributed by atoms with Crippen molar-refractivity contribution >= 4 is 24.8 Å². The summed E-state index contributed by atoms with van der Waals surface area (Å²) in [6.45, 7) is 6.41. The van der Waals surface area contributed by atoms with Gasteiger partial charge in [0.15, 0.2) is 0 Å². The summed E-state index contributed by atoms with van der Waals surface area (Å²) in [5.74, 6) is 0. The Morgan fingerprint density at radius 3 is 1.67 bits per heavy atom. The maximum Gasteiger partial charge on any atom is 0.0192 e. The van der Waals surface area contributed by atoms with E-state index >= 15 is 0 Å². The highest BCUT2D eigenvalue weighted by molar-refractivity contribution is 5.85. The van der Waals surface area contributed by atoms with Gasteiger partial charge in [0.25, 0.3) is 0 Å². The molecule has 0 unspecified atom stereocenters. The van der Waals surface area contributed by atoms with Crippen LogP contribution in [0.15, 0.2) is 0 Å². The van der Waals surface area contributed by atoms with E-state index in [4.69, 9.17) is 11.5 Å². The fourth-order valence-corrected chi connectivity index (χ4v) is 1.56. The lowest BCUT2D eigenvalue weighted by Gasteiger charge is -2.37. The SMILES string of the molecule is CC1(C)[C@H](N)CC[C@]1(C)N.Cl.Cl. The van der Waals surface area contributed by atoms with Crippen LogP contribution in [-0.2, 0) is 0 Å². The lowest BCUT2D eigenvalue weighted by molar-refractivity contribution is 0.207. The fraction of sp³-hybridized carbons (Fsp3) is 1.00. The first-order chi connectivity index (χ1) is 4.38. The maximum atomic E-state index is 6.07. The van der Waals surface area contributed by atoms with Crippen LogP contribution in [-0.4, -0.2) is 11.6 Å². The van der Waals surface area contributed by atoms with Crippen molar-refractivity contribution in [2.24, 2.45) is 16.9 Å². The summed E-state index contributed by atoms with van der Waals surface area (Å²) in [6.07, 6.45) is 2.13. The summed E-state index contributed by atoms with van der Waals surface area (Å²) < 4.78 is 0. The lowest BCUT2D eigenvalue weighted by Crippen LogP contribution is -2.51. The van der Waals surface area contributed by atoms with E-state index in [1.807, 2.05) is 0 Å². The summed E-state index contributed by atoms with van der Waals surface area (Å²) in [5, 5.41) is 0. The van der Waals surface area contributed by atoms with Crippen LogP contribution in [0.4, 0.5) is 0 Å². The Balaban J connectivity index is 0. The second-order valence-electron chi connectivity index (χ2n) is 4.28. The maximum absolute atomic E-state index is 6.07. The molecule has 0 heterocycles. The molecule has 1 fully saturated rings. The van der Waals surface area contributed by atoms with Gasteiger partial charge in [0.2, 0.25) is 0 Å². The number of nitrogens with two attached hydrogens (primary N) is 2. The van der Waals surface area contributed by atoms with Crippen LogP contribution in [0.1, 0.15) is 33.6 Å². The Hall–Kier alpha value is 0.500. The standard InChI is InChI=1S/C8H18N2.2ClH/c1-7(2)6(9)4-5-8(7,3)10;;/h6H,4-5,9-10H2,1-3H3;2*1H/t6-,8+;;/m1../s1. The molecule has 0 aromatic heterocycles. The Morgan fingerprint density at radius 1 is 1.17 bits per heavy atom. The Labute approximate surface area is 87.3 Å². The molecule has 4 N–H and O–H groups in total. The van der Waals surface area contributed by atoms with E-state index < -0.39 is 0 Å². The summed E-state index contributed by atoms with van der Waals surface area (Å²) >= 11 is 0. The van der Waals surface area contributed by atoms with Gasteiger partial charge in [-0.2, -0.15) is 0 Å². The van der Waals surface area contributed by atoms with Gasteiger partial charge in [-0.3, -0.25) is 0 Å². The third-order valence-electron chi connectivity index (χ3n) is 3.37. The second kappa shape index (κ2) is 4.14. The minimum Gasteiger partial charge on any atom is -0.327 e. The van der Waals surface area contributed by atoms with E-state index in [1.165, 1.54) is 0 Å². The van der Waals surface area contributed by atoms with Crippen molar-refractivity contribution in [3.63, 3.8) is 0 Å². The van der Waals surface area contributed by atoms with E-state index in [1.54, 1.807) is 0 Å². The van der Waals surface area contributed by atoms with Crippen LogP contribution in [0.5, 0.6) is 0 Å². The van der Waals surface area contributed by atoms with Crippen LogP contribution < -0.4 is 11.5 Å². The first kappa shape index (κ1) is 15.0. The first-order valence-electron chi connectivity index (χ1n) is 3.92. The Morgan fingerprint density at radius 2 is 1.58 bits per heavy atom. The van der Waals surface area contributed by atoms with Crippen molar-refractivity contribution in [3.8, 4) is 0 Å². The average molecular weight is 215 g/mol. The molecule has 1 aliphatic carbocycles. The van der Waals surface area contributed by atoms with Gasteiger partial charge in [-0.25, -0.2) is 0 Å². The van der Waals surface area contributed by atoms with Gasteiger partial charge < -0.3 is 11.5 Å². The van der Waals surface area contributed by atoms with Crippen molar-refractivity contribution < 1.29 is 0 Å². The minimum absolute atomic E-state index is 0. The summed E-state index contributed by atoms with van der Waals surface area (Å²) in [7, 11) is 0. The van der Waals surface area contributed by atoms with Gasteiger partial charge in [0.05, 0.1) is 0 Å². The van der Waals surface area contributed by atoms with Crippen molar-refractivity contribution in [1.29, 1.82) is 0 Å². The number of rotatable bonds is 0. The highest BCUT2D eigenvalue weighted by Gasteiger charge is 2.47. The van der Waals surface area contributed by atoms with Crippen molar-refractivity contribution in [3.05, 3.63) is 0 Å². The molecular formula is C8H20Cl2N2. The highest BCUT2D eigenvalue weighted by Crippen LogP contribution is 2.42. The molecule has 0 spiro atoms. The van der Waals surface area contributed by atoms with Gasteiger partial charge >= 0.3 is 0 Å². The molecule has 0 aliphatic heterocycles. The molecule has 12 heavy (non-hydrogen) atoms. The third-order valence-corrected chi connectivity index (χ3v) is 3.37. The van der Waals surface area contributed by atoms with Crippen LogP contribution in [0.3, 0.4) is 0 Å². The zero-order valence-corrected chi connectivity index (χ0v) is 9.60. The van der Waals surface area contributed by atoms with Crippen molar-refractivity contribution in [1.82, 2.24) is 0 Å². The molecule has 2 nitrogen and oxygen atoms in total. The molecular weight excluding hydrogens is 195 g/mol. The minimum atomic E-state index is -0.0631. The molecule has 0 radical (unpaired) electrons. The normalized spacial score (nSPS) is 38.2. The fourth-order valence-electron chi connectivity index (χ4n) is 1.56. The van der Waals surface area contributed by atoms with Crippen molar-refractivity contribution in [2.45, 2.75) is 45.2 Å². The molecule has 0 aromatic rings. The van der Waals surface area contributed by atoms with Crippen LogP contribution in [0, 0.1) is 5.41 Å². The second-order valence-corrected chi connectivity index (χ2v) is 4.28. The average Bonchev–Trinajstić information content (AvgIpc) is 1.94. The lowest BCUT2D eigenvalue weighted by atomic mass is 9.75. The van der Waals surface area contributed by atoms with Gasteiger partial charge in [-0.15, -0.1) is 24.8 Å². The number of halogens is 2. The van der Waals surface area contributed by atoms with E-state index in [-0.39, 0.29) is 41.8 Å². The molecule has 1 aliphatic rings. The molecule has 0 bridgehead atoms. The van der Waals surface area contributed by atoms with Gasteiger partial charge in [0, 0.05) is 11.6 Å². The molecule has 1 rings (SSSR count). The first-order valence-corrected chi connectivity index (χ1v) is 3.92. The third kappa shape index (κ3) is 2.05. The number of hydrogen-bond donors (Lipinski definition) is 2. The summed E-state index contributed by atoms with van der Waals surface area (Å²) in [5.41, 5.74) is 12.0. The van der Waals surface area contributed by atoms with Gasteiger partial charge in [0.1, 0.15) is 0 Å². The topological polar surface area (TPSA) is 52.0 Å². The zero-order valence-electron chi connectivity index (χ0n) is 7.96. The monoisotopic (exact) mass is 214 g/mol. The molecule has 2 atom stereocenters. The highest BCUT2D eigenvalue weighted by atomic mass is 35.5. The molecule has 76 valence electrons. The molecule has 4 heteroatoms. The molecule has 1 saturated carbocycles. The predicted molar refractivity (Wildman–Crippen MR) is 58.1 cm³/mol. The molecule has 0 aromatic carbocycles. The van der Waals surface area contributed by atoms with Crippen LogP contribution in [0.2, 0.25) is 0 Å². The van der Waals surface area contributed by atoms with E-state index in [0.29, 0.717) is 0 Å². The van der Waals surface area contributed by atoms with E-state index in [9.17, 15) is 0 Å². The van der Waals surface area contributed by atoms with Gasteiger partial charge in [-0.1, -0.05) is 13.8 Å². The quantitative estimate of drug-likeness (QED) is 0.646. The van der Waals surface area contributed by atoms with Gasteiger partial charge in [-0.05, 0) is 25.2 Å². The predicted octanol–water partition coefficient (Wildman–Crippen LogP) is 1.69. The zero-order chi connectivity index (χ0) is 7.99. The van der Waals surface area contributed by atoms with E-state index in [2.05, 4.69) is 20.8 Å². The van der Waals surface area contributed by atoms with Crippen molar-refractivity contribution in [2.75, 3.05) is 0 Å². The molecule has 0 amide bonds. The Kier molecular flexibility index (Phi) is 5.17. The van der Waals surface area contributed by atoms with Crippen LogP contribution >= 0.6 is 24.8 Å². The summed E-state index contributed by atoms with van der Waals surface area (Å²) in [4.78, 5) is 0. The Bertz CT molecular complexity index is 146. The smallest absolute Gasteiger partial charge is 0.0192 e. The molecule has 0 saturated heterocycles.